The first-order chi connectivity index (χ1) is 16.2. The molecule has 0 bridgehead atoms. The van der Waals surface area contributed by atoms with Crippen molar-refractivity contribution in [3.05, 3.63) is 58.7 Å². The summed E-state index contributed by atoms with van der Waals surface area (Å²) in [6, 6.07) is 11.9. The number of fused-ring (bicyclic) bond motifs is 1. The van der Waals surface area contributed by atoms with Crippen LogP contribution in [0.25, 0.3) is 0 Å². The molecule has 0 atom stereocenters. The maximum atomic E-state index is 13.2. The zero-order chi connectivity index (χ0) is 24.3. The van der Waals surface area contributed by atoms with Gasteiger partial charge in [-0.2, -0.15) is 0 Å². The number of nitrogens with zero attached hydrogens (tertiary/aromatic N) is 2. The number of aryl methyl sites for hydroxylation is 1. The second-order valence-corrected chi connectivity index (χ2v) is 10.7. The number of aromatic hydroxyl groups is 1. The number of carbonyl (C=O) groups excluding carboxylic acids is 1. The number of ether oxygens (including phenoxy) is 1. The van der Waals surface area contributed by atoms with Crippen LogP contribution in [0.1, 0.15) is 61.2 Å². The van der Waals surface area contributed by atoms with Crippen molar-refractivity contribution in [3.63, 3.8) is 0 Å². The summed E-state index contributed by atoms with van der Waals surface area (Å²) in [5.74, 6) is 1.33. The molecule has 2 aromatic carbocycles. The summed E-state index contributed by atoms with van der Waals surface area (Å²) >= 11 is 0. The van der Waals surface area contributed by atoms with Crippen molar-refractivity contribution < 1.29 is 14.6 Å². The molecule has 2 heterocycles. The zero-order valence-corrected chi connectivity index (χ0v) is 21.1. The van der Waals surface area contributed by atoms with E-state index in [2.05, 4.69) is 44.0 Å². The summed E-state index contributed by atoms with van der Waals surface area (Å²) in [5.41, 5.74) is 4.45. The molecule has 0 aromatic heterocycles. The van der Waals surface area contributed by atoms with E-state index in [4.69, 9.17) is 4.74 Å². The Hall–Kier alpha value is -2.57. The van der Waals surface area contributed by atoms with Crippen LogP contribution in [0.3, 0.4) is 0 Å². The highest BCUT2D eigenvalue weighted by molar-refractivity contribution is 5.96. The lowest BCUT2D eigenvalue weighted by Crippen LogP contribution is -2.46. The molecule has 1 fully saturated rings. The highest BCUT2D eigenvalue weighted by Crippen LogP contribution is 2.35. The highest BCUT2D eigenvalue weighted by atomic mass is 16.5. The van der Waals surface area contributed by atoms with E-state index < -0.39 is 0 Å². The number of nitrogens with one attached hydrogen (secondary N) is 1. The van der Waals surface area contributed by atoms with E-state index >= 15 is 0 Å². The average Bonchev–Trinajstić information content (AvgIpc) is 3.28. The number of hydrogen-bond acceptors (Lipinski definition) is 5. The largest absolute Gasteiger partial charge is 0.504 e. The molecule has 2 aromatic rings. The minimum absolute atomic E-state index is 0.0365. The Bertz CT molecular complexity index is 1010. The molecule has 2 aliphatic heterocycles. The smallest absolute Gasteiger partial charge is 0.254 e. The topological polar surface area (TPSA) is 65.0 Å². The fourth-order valence-electron chi connectivity index (χ4n) is 4.78. The molecule has 184 valence electrons. The van der Waals surface area contributed by atoms with Gasteiger partial charge in [-0.25, -0.2) is 0 Å². The number of piperazine rings is 1. The van der Waals surface area contributed by atoms with Gasteiger partial charge in [0.25, 0.3) is 5.91 Å². The molecule has 0 unspecified atom stereocenters. The Labute approximate surface area is 203 Å². The molecular weight excluding hydrogens is 426 g/mol. The lowest BCUT2D eigenvalue weighted by atomic mass is 9.93. The maximum absolute atomic E-state index is 13.2. The van der Waals surface area contributed by atoms with Crippen LogP contribution in [0.5, 0.6) is 11.5 Å². The van der Waals surface area contributed by atoms with Crippen molar-refractivity contribution in [2.75, 3.05) is 32.8 Å². The number of hydrogen-bond donors (Lipinski definition) is 2. The molecule has 0 radical (unpaired) electrons. The molecule has 4 rings (SSSR count). The molecular formula is C28H39N3O3. The monoisotopic (exact) mass is 465 g/mol. The molecule has 0 aliphatic carbocycles. The number of phenols is 1. The SMILES string of the molecule is CC(C)COc1cc(CCC(C)(C)N2Cc3cccc(C(=O)N4CCNCC4)c3C2)ccc1O. The van der Waals surface area contributed by atoms with Crippen LogP contribution in [0.15, 0.2) is 36.4 Å². The van der Waals surface area contributed by atoms with Gasteiger partial charge in [-0.05, 0) is 67.5 Å². The fourth-order valence-corrected chi connectivity index (χ4v) is 4.78. The van der Waals surface area contributed by atoms with Crippen molar-refractivity contribution in [1.82, 2.24) is 15.1 Å². The lowest BCUT2D eigenvalue weighted by molar-refractivity contribution is 0.0731. The molecule has 1 amide bonds. The Morgan fingerprint density at radius 1 is 1.15 bits per heavy atom. The lowest BCUT2D eigenvalue weighted by Gasteiger charge is -2.36. The van der Waals surface area contributed by atoms with Gasteiger partial charge in [0.2, 0.25) is 0 Å². The molecule has 0 saturated carbocycles. The van der Waals surface area contributed by atoms with E-state index in [1.165, 1.54) is 11.1 Å². The fraction of sp³-hybridized carbons (Fsp3) is 0.536. The van der Waals surface area contributed by atoms with Gasteiger partial charge >= 0.3 is 0 Å². The van der Waals surface area contributed by atoms with E-state index in [1.54, 1.807) is 6.07 Å². The van der Waals surface area contributed by atoms with E-state index in [0.717, 1.165) is 63.2 Å². The Morgan fingerprint density at radius 3 is 2.65 bits per heavy atom. The van der Waals surface area contributed by atoms with Gasteiger partial charge in [-0.1, -0.05) is 32.0 Å². The molecule has 1 saturated heterocycles. The third-order valence-electron chi connectivity index (χ3n) is 7.10. The molecule has 0 spiro atoms. The normalized spacial score (nSPS) is 16.7. The van der Waals surface area contributed by atoms with Crippen molar-refractivity contribution in [2.45, 2.75) is 59.2 Å². The van der Waals surface area contributed by atoms with Gasteiger partial charge < -0.3 is 20.1 Å². The van der Waals surface area contributed by atoms with Crippen molar-refractivity contribution in [3.8, 4) is 11.5 Å². The number of rotatable bonds is 8. The van der Waals surface area contributed by atoms with Gasteiger partial charge in [0.15, 0.2) is 11.5 Å². The van der Waals surface area contributed by atoms with Gasteiger partial charge in [0, 0.05) is 50.4 Å². The van der Waals surface area contributed by atoms with Crippen LogP contribution in [-0.4, -0.2) is 59.1 Å². The predicted molar refractivity (Wildman–Crippen MR) is 135 cm³/mol. The van der Waals surface area contributed by atoms with E-state index in [9.17, 15) is 9.90 Å². The average molecular weight is 466 g/mol. The van der Waals surface area contributed by atoms with Crippen LogP contribution in [0.2, 0.25) is 0 Å². The van der Waals surface area contributed by atoms with Crippen molar-refractivity contribution >= 4 is 5.91 Å². The van der Waals surface area contributed by atoms with Crippen molar-refractivity contribution in [1.29, 1.82) is 0 Å². The van der Waals surface area contributed by atoms with Crippen LogP contribution >= 0.6 is 0 Å². The third-order valence-corrected chi connectivity index (χ3v) is 7.10. The minimum Gasteiger partial charge on any atom is -0.504 e. The standard InChI is InChI=1S/C28H39N3O3/c1-20(2)19-34-26-16-21(8-9-25(26)32)10-11-28(3,4)31-17-22-6-5-7-23(24(22)18-31)27(33)30-14-12-29-13-15-30/h5-9,16,20,29,32H,10-15,17-19H2,1-4H3. The van der Waals surface area contributed by atoms with Gasteiger partial charge in [-0.15, -0.1) is 0 Å². The van der Waals surface area contributed by atoms with Crippen LogP contribution in [0, 0.1) is 5.92 Å². The Kier molecular flexibility index (Phi) is 7.48. The summed E-state index contributed by atoms with van der Waals surface area (Å²) in [6.45, 7) is 14.3. The van der Waals surface area contributed by atoms with Gasteiger partial charge in [-0.3, -0.25) is 9.69 Å². The Balaban J connectivity index is 1.42. The quantitative estimate of drug-likeness (QED) is 0.612. The van der Waals surface area contributed by atoms with Crippen LogP contribution < -0.4 is 10.1 Å². The van der Waals surface area contributed by atoms with Crippen LogP contribution in [-0.2, 0) is 19.5 Å². The predicted octanol–water partition coefficient (Wildman–Crippen LogP) is 4.20. The van der Waals surface area contributed by atoms with E-state index in [1.807, 2.05) is 29.2 Å². The summed E-state index contributed by atoms with van der Waals surface area (Å²) in [5, 5.41) is 13.5. The summed E-state index contributed by atoms with van der Waals surface area (Å²) in [4.78, 5) is 17.7. The summed E-state index contributed by atoms with van der Waals surface area (Å²) in [7, 11) is 0. The highest BCUT2D eigenvalue weighted by Gasteiger charge is 2.34. The first-order valence-electron chi connectivity index (χ1n) is 12.5. The van der Waals surface area contributed by atoms with Crippen molar-refractivity contribution in [2.24, 2.45) is 5.92 Å². The number of benzene rings is 2. The third kappa shape index (κ3) is 5.56. The maximum Gasteiger partial charge on any atom is 0.254 e. The number of carbonyl (C=O) groups is 1. The molecule has 2 aliphatic rings. The number of amides is 1. The van der Waals surface area contributed by atoms with Crippen LogP contribution in [0.4, 0.5) is 0 Å². The summed E-state index contributed by atoms with van der Waals surface area (Å²) in [6.07, 6.45) is 1.86. The van der Waals surface area contributed by atoms with Gasteiger partial charge in [0.1, 0.15) is 0 Å². The first kappa shape index (κ1) is 24.6. The Morgan fingerprint density at radius 2 is 1.91 bits per heavy atom. The second-order valence-electron chi connectivity index (χ2n) is 10.7. The zero-order valence-electron chi connectivity index (χ0n) is 21.1. The summed E-state index contributed by atoms with van der Waals surface area (Å²) < 4.78 is 5.80. The second kappa shape index (κ2) is 10.4. The first-order valence-corrected chi connectivity index (χ1v) is 12.5. The molecule has 6 heteroatoms. The molecule has 6 nitrogen and oxygen atoms in total. The molecule has 34 heavy (non-hydrogen) atoms. The van der Waals surface area contributed by atoms with E-state index in [0.29, 0.717) is 18.3 Å². The van der Waals surface area contributed by atoms with E-state index in [-0.39, 0.29) is 17.2 Å². The molecule has 2 N–H and O–H groups in total. The minimum atomic E-state index is -0.0365. The number of phenolic OH excluding ortho intramolecular Hbond substituents is 1. The van der Waals surface area contributed by atoms with Gasteiger partial charge in [0.05, 0.1) is 6.61 Å².